The fourth-order valence-electron chi connectivity index (χ4n) is 1.38. The first-order valence-electron chi connectivity index (χ1n) is 6.96. The van der Waals surface area contributed by atoms with E-state index in [2.05, 4.69) is 26.7 Å². The molecule has 0 fully saturated rings. The first kappa shape index (κ1) is 18.7. The molecule has 0 unspecified atom stereocenters. The van der Waals surface area contributed by atoms with E-state index in [-0.39, 0.29) is 0 Å². The summed E-state index contributed by atoms with van der Waals surface area (Å²) < 4.78 is 0.694. The molecule has 0 aliphatic heterocycles. The molecule has 0 aromatic rings. The maximum Gasteiger partial charge on any atom is 0.0781 e. The number of rotatable bonds is 8. The van der Waals surface area contributed by atoms with Crippen LogP contribution in [-0.2, 0) is 0 Å². The van der Waals surface area contributed by atoms with Gasteiger partial charge in [-0.2, -0.15) is 0 Å². The van der Waals surface area contributed by atoms with Crippen LogP contribution in [0.1, 0.15) is 71.6 Å². The van der Waals surface area contributed by atoms with Gasteiger partial charge in [0, 0.05) is 0 Å². The van der Waals surface area contributed by atoms with E-state index in [1.807, 2.05) is 21.1 Å². The topological polar surface area (TPSA) is 0 Å². The molecule has 0 atom stereocenters. The third-order valence-corrected chi connectivity index (χ3v) is 2.21. The molecule has 0 saturated carbocycles. The highest BCUT2D eigenvalue weighted by Crippen LogP contribution is 2.08. The van der Waals surface area contributed by atoms with Crippen molar-refractivity contribution in [2.24, 2.45) is 0 Å². The van der Waals surface area contributed by atoms with Gasteiger partial charge in [-0.3, -0.25) is 3.89 Å². The molecule has 0 saturated heterocycles. The fraction of sp³-hybridized carbons (Fsp3) is 1.00. The van der Waals surface area contributed by atoms with E-state index in [4.69, 9.17) is 0 Å². The Labute approximate surface area is 110 Å². The zero-order chi connectivity index (χ0) is 12.9. The van der Waals surface area contributed by atoms with Gasteiger partial charge in [0.25, 0.3) is 0 Å². The van der Waals surface area contributed by atoms with Crippen LogP contribution in [0.3, 0.4) is 0 Å². The SMILES string of the molecule is CCCCCCCCCCC.C[N+](C)(C)S. The number of nitrogens with zero attached hydrogens (tertiary/aromatic N) is 1. The molecule has 0 aromatic carbocycles. The Morgan fingerprint density at radius 3 is 1.00 bits per heavy atom. The molecular weight excluding hydrogens is 214 g/mol. The van der Waals surface area contributed by atoms with Gasteiger partial charge in [0.1, 0.15) is 0 Å². The van der Waals surface area contributed by atoms with Gasteiger partial charge in [-0.1, -0.05) is 71.6 Å². The highest BCUT2D eigenvalue weighted by atomic mass is 32.1. The Morgan fingerprint density at radius 2 is 0.812 bits per heavy atom. The lowest BCUT2D eigenvalue weighted by atomic mass is 10.1. The van der Waals surface area contributed by atoms with E-state index in [9.17, 15) is 0 Å². The molecule has 0 N–H and O–H groups in total. The van der Waals surface area contributed by atoms with E-state index in [0.717, 1.165) is 0 Å². The van der Waals surface area contributed by atoms with E-state index < -0.39 is 0 Å². The van der Waals surface area contributed by atoms with Crippen molar-refractivity contribution in [2.45, 2.75) is 71.6 Å². The van der Waals surface area contributed by atoms with Crippen molar-refractivity contribution in [3.05, 3.63) is 0 Å². The second kappa shape index (κ2) is 13.4. The number of thiol groups is 1. The lowest BCUT2D eigenvalue weighted by Crippen LogP contribution is -2.20. The summed E-state index contributed by atoms with van der Waals surface area (Å²) in [4.78, 5) is 0. The largest absolute Gasteiger partial charge is 0.271 e. The average molecular weight is 248 g/mol. The Bertz CT molecular complexity index is 104. The summed E-state index contributed by atoms with van der Waals surface area (Å²) in [6.07, 6.45) is 13.0. The maximum atomic E-state index is 4.06. The third kappa shape index (κ3) is 36.7. The predicted molar refractivity (Wildman–Crippen MR) is 79.9 cm³/mol. The number of quaternary nitrogens is 1. The Hall–Kier alpha value is 0.310. The van der Waals surface area contributed by atoms with E-state index in [1.54, 1.807) is 0 Å². The minimum absolute atomic E-state index is 0.694. The molecule has 0 amide bonds. The highest BCUT2D eigenvalue weighted by molar-refractivity contribution is 7.74. The summed E-state index contributed by atoms with van der Waals surface area (Å²) in [6.45, 7) is 4.55. The third-order valence-electron chi connectivity index (χ3n) is 2.21. The summed E-state index contributed by atoms with van der Waals surface area (Å²) in [5.41, 5.74) is 0. The van der Waals surface area contributed by atoms with Crippen LogP contribution < -0.4 is 0 Å². The molecule has 0 rings (SSSR count). The Kier molecular flexibility index (Phi) is 15.6. The Morgan fingerprint density at radius 1 is 0.625 bits per heavy atom. The lowest BCUT2D eigenvalue weighted by molar-refractivity contribution is -0.722. The van der Waals surface area contributed by atoms with Crippen molar-refractivity contribution in [3.63, 3.8) is 0 Å². The molecule has 2 heteroatoms. The van der Waals surface area contributed by atoms with E-state index >= 15 is 0 Å². The summed E-state index contributed by atoms with van der Waals surface area (Å²) in [6, 6.07) is 0. The van der Waals surface area contributed by atoms with Crippen molar-refractivity contribution in [2.75, 3.05) is 21.1 Å². The molecule has 0 aromatic heterocycles. The number of unbranched alkanes of at least 4 members (excludes halogenated alkanes) is 8. The molecule has 100 valence electrons. The fourth-order valence-corrected chi connectivity index (χ4v) is 1.38. The molecule has 0 spiro atoms. The second-order valence-electron chi connectivity index (χ2n) is 5.42. The minimum atomic E-state index is 0.694. The number of hydrogen-bond donors (Lipinski definition) is 1. The first-order chi connectivity index (χ1) is 7.41. The van der Waals surface area contributed by atoms with Crippen LogP contribution in [0.2, 0.25) is 0 Å². The molecule has 1 nitrogen and oxygen atoms in total. The normalized spacial score (nSPS) is 10.9. The molecule has 0 radical (unpaired) electrons. The van der Waals surface area contributed by atoms with Gasteiger partial charge >= 0.3 is 0 Å². The maximum absolute atomic E-state index is 4.06. The smallest absolute Gasteiger partial charge is 0.0781 e. The van der Waals surface area contributed by atoms with Crippen LogP contribution >= 0.6 is 12.8 Å². The molecule has 0 bridgehead atoms. The van der Waals surface area contributed by atoms with Gasteiger partial charge in [0.2, 0.25) is 0 Å². The van der Waals surface area contributed by atoms with Gasteiger partial charge in [-0.05, 0) is 0 Å². The van der Waals surface area contributed by atoms with Crippen molar-refractivity contribution in [3.8, 4) is 0 Å². The molecule has 0 aliphatic carbocycles. The quantitative estimate of drug-likeness (QED) is 0.346. The molecule has 16 heavy (non-hydrogen) atoms. The highest BCUT2D eigenvalue weighted by Gasteiger charge is 1.91. The van der Waals surface area contributed by atoms with Crippen LogP contribution in [0.15, 0.2) is 0 Å². The lowest BCUT2D eigenvalue weighted by Gasteiger charge is -2.11. The van der Waals surface area contributed by atoms with Gasteiger partial charge in [-0.15, -0.1) is 0 Å². The number of hydrogen-bond acceptors (Lipinski definition) is 1. The summed E-state index contributed by atoms with van der Waals surface area (Å²) in [5, 5.41) is 0. The zero-order valence-electron chi connectivity index (χ0n) is 12.3. The van der Waals surface area contributed by atoms with Gasteiger partial charge in [0.15, 0.2) is 0 Å². The average Bonchev–Trinajstić information content (AvgIpc) is 2.14. The standard InChI is InChI=1S/C11H24.C3H10NS/c1-3-5-7-9-11-10-8-6-4-2;1-4(2,3)5/h3-11H2,1-2H3;5H,1-3H3/q;+1. The van der Waals surface area contributed by atoms with E-state index in [1.165, 1.54) is 57.8 Å². The van der Waals surface area contributed by atoms with Crippen LogP contribution in [0.25, 0.3) is 0 Å². The van der Waals surface area contributed by atoms with Gasteiger partial charge in [-0.25, -0.2) is 0 Å². The van der Waals surface area contributed by atoms with E-state index in [0.29, 0.717) is 3.89 Å². The summed E-state index contributed by atoms with van der Waals surface area (Å²) in [5.74, 6) is 0. The van der Waals surface area contributed by atoms with Crippen molar-refractivity contribution in [1.82, 2.24) is 0 Å². The zero-order valence-corrected chi connectivity index (χ0v) is 13.2. The first-order valence-corrected chi connectivity index (χ1v) is 7.36. The van der Waals surface area contributed by atoms with Crippen LogP contribution in [0.5, 0.6) is 0 Å². The summed E-state index contributed by atoms with van der Waals surface area (Å²) >= 11 is 4.06. The van der Waals surface area contributed by atoms with Gasteiger partial charge < -0.3 is 0 Å². The minimum Gasteiger partial charge on any atom is -0.271 e. The van der Waals surface area contributed by atoms with Crippen molar-refractivity contribution >= 4 is 12.8 Å². The van der Waals surface area contributed by atoms with Crippen LogP contribution in [-0.4, -0.2) is 25.0 Å². The van der Waals surface area contributed by atoms with Crippen molar-refractivity contribution in [1.29, 1.82) is 0 Å². The molecule has 0 aliphatic rings. The van der Waals surface area contributed by atoms with Crippen LogP contribution in [0, 0.1) is 0 Å². The molecular formula is C14H34NS+. The molecule has 0 heterocycles. The Balaban J connectivity index is 0. The summed E-state index contributed by atoms with van der Waals surface area (Å²) in [7, 11) is 5.97. The second-order valence-corrected chi connectivity index (χ2v) is 6.62. The van der Waals surface area contributed by atoms with Crippen LogP contribution in [0.4, 0.5) is 0 Å². The van der Waals surface area contributed by atoms with Gasteiger partial charge in [0.05, 0.1) is 34.0 Å². The monoisotopic (exact) mass is 248 g/mol. The predicted octanol–water partition coefficient (Wildman–Crippen LogP) is 5.07. The van der Waals surface area contributed by atoms with Crippen molar-refractivity contribution < 1.29 is 3.89 Å².